The van der Waals surface area contributed by atoms with Gasteiger partial charge in [0.1, 0.15) is 34.6 Å². The van der Waals surface area contributed by atoms with Gasteiger partial charge in [0.25, 0.3) is 0 Å². The Kier molecular flexibility index (Phi) is 3.19. The molecule has 2 aromatic rings. The van der Waals surface area contributed by atoms with Gasteiger partial charge in [-0.15, -0.1) is 0 Å². The Balaban J connectivity index is 2.50. The van der Waals surface area contributed by atoms with E-state index in [1.54, 1.807) is 4.57 Å². The van der Waals surface area contributed by atoms with Crippen LogP contribution in [0.2, 0.25) is 0 Å². The number of hydrogen-bond acceptors (Lipinski definition) is 4. The molecule has 0 saturated heterocycles. The van der Waals surface area contributed by atoms with Gasteiger partial charge in [-0.25, -0.2) is 0 Å². The second-order valence-electron chi connectivity index (χ2n) is 5.49. The first kappa shape index (κ1) is 13.9. The summed E-state index contributed by atoms with van der Waals surface area (Å²) in [5, 5.41) is 27.7. The number of likely N-dealkylation sites (N-methyl/N-ethyl adjacent to an activating group) is 1. The molecular weight excluding hydrogens is 274 g/mol. The number of rotatable bonds is 1. The van der Waals surface area contributed by atoms with Crippen LogP contribution in [0.25, 0.3) is 11.1 Å². The molecule has 1 aromatic heterocycles. The molecule has 2 heterocycles. The van der Waals surface area contributed by atoms with Crippen molar-refractivity contribution in [1.82, 2.24) is 4.57 Å². The minimum atomic E-state index is 0.0662. The van der Waals surface area contributed by atoms with E-state index in [0.29, 0.717) is 11.1 Å². The van der Waals surface area contributed by atoms with Crippen LogP contribution in [-0.2, 0) is 0 Å². The fourth-order valence-electron chi connectivity index (χ4n) is 3.18. The van der Waals surface area contributed by atoms with E-state index >= 15 is 0 Å². The monoisotopic (exact) mass is 289 g/mol. The number of hydrogen-bond donors (Lipinski definition) is 1. The van der Waals surface area contributed by atoms with E-state index in [0.717, 1.165) is 17.9 Å². The van der Waals surface area contributed by atoms with Gasteiger partial charge in [-0.2, -0.15) is 10.5 Å². The molecule has 1 aliphatic rings. The first-order valence-corrected chi connectivity index (χ1v) is 7.04. The van der Waals surface area contributed by atoms with E-state index in [9.17, 15) is 10.5 Å². The van der Waals surface area contributed by atoms with Gasteiger partial charge in [-0.05, 0) is 12.5 Å². The third-order valence-corrected chi connectivity index (χ3v) is 4.06. The van der Waals surface area contributed by atoms with Gasteiger partial charge < -0.3 is 9.47 Å². The van der Waals surface area contributed by atoms with Crippen molar-refractivity contribution in [3.63, 3.8) is 0 Å². The van der Waals surface area contributed by atoms with E-state index in [1.165, 1.54) is 0 Å². The molecule has 0 radical (unpaired) electrons. The second kappa shape index (κ2) is 5.05. The van der Waals surface area contributed by atoms with Crippen LogP contribution < -0.4 is 10.4 Å². The fraction of sp³-hybridized carbons (Fsp3) is 0.235. The minimum Gasteiger partial charge on any atom is -0.358 e. The molecule has 0 saturated carbocycles. The van der Waals surface area contributed by atoms with Crippen molar-refractivity contribution in [2.75, 3.05) is 18.5 Å². The highest BCUT2D eigenvalue weighted by molar-refractivity contribution is 5.81. The van der Waals surface area contributed by atoms with Crippen LogP contribution in [-0.4, -0.2) is 18.2 Å². The highest BCUT2D eigenvalue weighted by Crippen LogP contribution is 2.36. The number of fused-ring (bicyclic) bond motifs is 1. The van der Waals surface area contributed by atoms with E-state index in [1.807, 2.05) is 49.2 Å². The molecule has 5 heteroatoms. The van der Waals surface area contributed by atoms with Crippen LogP contribution in [0.3, 0.4) is 0 Å². The predicted molar refractivity (Wildman–Crippen MR) is 83.1 cm³/mol. The van der Waals surface area contributed by atoms with Crippen molar-refractivity contribution < 1.29 is 0 Å². The first-order chi connectivity index (χ1) is 10.6. The molecule has 0 aliphatic carbocycles. The third-order valence-electron chi connectivity index (χ3n) is 4.06. The van der Waals surface area contributed by atoms with Gasteiger partial charge in [-0.3, -0.25) is 5.41 Å². The lowest BCUT2D eigenvalue weighted by Gasteiger charge is -2.18. The molecule has 108 valence electrons. The number of nitrogens with one attached hydrogen (secondary N) is 1. The largest absolute Gasteiger partial charge is 0.358 e. The van der Waals surface area contributed by atoms with Crippen molar-refractivity contribution in [3.8, 4) is 23.3 Å². The van der Waals surface area contributed by atoms with Crippen LogP contribution in [0.5, 0.6) is 0 Å². The maximum absolute atomic E-state index is 9.70. The number of aromatic nitrogens is 1. The van der Waals surface area contributed by atoms with Gasteiger partial charge in [-0.1, -0.05) is 30.3 Å². The first-order valence-electron chi connectivity index (χ1n) is 7.04. The van der Waals surface area contributed by atoms with E-state index < -0.39 is 0 Å². The highest BCUT2D eigenvalue weighted by Gasteiger charge is 2.30. The quantitative estimate of drug-likeness (QED) is 0.875. The maximum Gasteiger partial charge on any atom is 0.145 e. The summed E-state index contributed by atoms with van der Waals surface area (Å²) < 4.78 is 1.78. The van der Waals surface area contributed by atoms with Crippen LogP contribution in [0.1, 0.15) is 24.1 Å². The number of nitrogens with zero attached hydrogens (tertiary/aromatic N) is 4. The summed E-state index contributed by atoms with van der Waals surface area (Å²) in [6.07, 6.45) is 0. The summed E-state index contributed by atoms with van der Waals surface area (Å²) in [5.41, 5.74) is 2.25. The van der Waals surface area contributed by atoms with E-state index in [4.69, 9.17) is 5.41 Å². The van der Waals surface area contributed by atoms with Crippen LogP contribution in [0.15, 0.2) is 30.3 Å². The standard InChI is InChI=1S/C17H15N5/c1-11-10-21(2)17-14(9-19)15(12-6-4-3-5-7-12)13(8-18)16(20)22(11)17/h3-7,11,20H,10H2,1-2H3. The summed E-state index contributed by atoms with van der Waals surface area (Å²) >= 11 is 0. The maximum atomic E-state index is 9.70. The van der Waals surface area contributed by atoms with Crippen molar-refractivity contribution in [2.24, 2.45) is 0 Å². The molecule has 0 fully saturated rings. The molecule has 0 amide bonds. The Morgan fingerprint density at radius 3 is 2.36 bits per heavy atom. The summed E-state index contributed by atoms with van der Waals surface area (Å²) in [5.74, 6) is 0.720. The number of anilines is 1. The van der Waals surface area contributed by atoms with Crippen molar-refractivity contribution in [2.45, 2.75) is 13.0 Å². The lowest BCUT2D eigenvalue weighted by molar-refractivity contribution is 0.588. The molecule has 5 nitrogen and oxygen atoms in total. The highest BCUT2D eigenvalue weighted by atomic mass is 15.3. The van der Waals surface area contributed by atoms with Crippen LogP contribution in [0, 0.1) is 28.1 Å². The van der Waals surface area contributed by atoms with E-state index in [2.05, 4.69) is 12.1 Å². The lowest BCUT2D eigenvalue weighted by Crippen LogP contribution is -2.25. The zero-order valence-electron chi connectivity index (χ0n) is 12.5. The fourth-order valence-corrected chi connectivity index (χ4v) is 3.18. The Labute approximate surface area is 128 Å². The molecule has 0 spiro atoms. The average Bonchev–Trinajstić information content (AvgIpc) is 2.83. The molecule has 0 bridgehead atoms. The minimum absolute atomic E-state index is 0.0662. The summed E-state index contributed by atoms with van der Waals surface area (Å²) in [6.45, 7) is 2.72. The molecule has 3 rings (SSSR count). The van der Waals surface area contributed by atoms with E-state index in [-0.39, 0.29) is 17.1 Å². The Bertz CT molecular complexity index is 880. The third kappa shape index (κ3) is 1.80. The number of pyridine rings is 1. The number of benzene rings is 1. The van der Waals surface area contributed by atoms with Gasteiger partial charge >= 0.3 is 0 Å². The normalized spacial score (nSPS) is 16.0. The lowest BCUT2D eigenvalue weighted by atomic mass is 9.96. The molecular formula is C17H15N5. The Morgan fingerprint density at radius 2 is 1.77 bits per heavy atom. The predicted octanol–water partition coefficient (Wildman–Crippen LogP) is 2.39. The SMILES string of the molecule is CC1CN(C)c2c(C#N)c(-c3ccccc3)c(C#N)c(=N)n21. The molecule has 1 unspecified atom stereocenters. The summed E-state index contributed by atoms with van der Waals surface area (Å²) in [4.78, 5) is 1.98. The van der Waals surface area contributed by atoms with Crippen molar-refractivity contribution >= 4 is 5.82 Å². The number of nitriles is 2. The molecule has 1 atom stereocenters. The van der Waals surface area contributed by atoms with Crippen molar-refractivity contribution in [1.29, 1.82) is 15.9 Å². The van der Waals surface area contributed by atoms with Crippen LogP contribution >= 0.6 is 0 Å². The van der Waals surface area contributed by atoms with Crippen LogP contribution in [0.4, 0.5) is 5.82 Å². The second-order valence-corrected chi connectivity index (χ2v) is 5.49. The summed E-state index contributed by atoms with van der Waals surface area (Å²) in [7, 11) is 1.91. The smallest absolute Gasteiger partial charge is 0.145 e. The Hall–Kier alpha value is -3.05. The zero-order chi connectivity index (χ0) is 15.9. The molecule has 1 N–H and O–H groups in total. The molecule has 22 heavy (non-hydrogen) atoms. The van der Waals surface area contributed by atoms with Gasteiger partial charge in [0.05, 0.1) is 6.04 Å². The summed E-state index contributed by atoms with van der Waals surface area (Å²) in [6, 6.07) is 13.8. The van der Waals surface area contributed by atoms with Gasteiger partial charge in [0.2, 0.25) is 0 Å². The zero-order valence-corrected chi connectivity index (χ0v) is 12.5. The Morgan fingerprint density at radius 1 is 1.14 bits per heavy atom. The average molecular weight is 289 g/mol. The topological polar surface area (TPSA) is 79.6 Å². The van der Waals surface area contributed by atoms with Gasteiger partial charge in [0, 0.05) is 19.2 Å². The van der Waals surface area contributed by atoms with Gasteiger partial charge in [0.15, 0.2) is 0 Å². The molecule has 1 aliphatic heterocycles. The van der Waals surface area contributed by atoms with Crippen molar-refractivity contribution in [3.05, 3.63) is 46.9 Å². The molecule has 1 aromatic carbocycles.